The second kappa shape index (κ2) is 5.91. The van der Waals surface area contributed by atoms with Crippen LogP contribution in [-0.4, -0.2) is 16.2 Å². The van der Waals surface area contributed by atoms with E-state index < -0.39 is 5.56 Å². The zero-order valence-corrected chi connectivity index (χ0v) is 12.7. The first-order valence-electron chi connectivity index (χ1n) is 5.39. The van der Waals surface area contributed by atoms with Crippen molar-refractivity contribution in [3.05, 3.63) is 44.2 Å². The second-order valence-corrected chi connectivity index (χ2v) is 5.33. The quantitative estimate of drug-likeness (QED) is 0.666. The Labute approximate surface area is 127 Å². The molecule has 20 heavy (non-hydrogen) atoms. The Balaban J connectivity index is 2.87. The van der Waals surface area contributed by atoms with Crippen LogP contribution in [0.25, 0.3) is 11.3 Å². The van der Waals surface area contributed by atoms with Crippen molar-refractivity contribution in [3.63, 3.8) is 0 Å². The molecule has 0 fully saturated rings. The Morgan fingerprint density at radius 2 is 2.00 bits per heavy atom. The molecule has 0 amide bonds. The van der Waals surface area contributed by atoms with Gasteiger partial charge in [0.1, 0.15) is 17.7 Å². The summed E-state index contributed by atoms with van der Waals surface area (Å²) in [4.78, 5) is 18.7. The molecule has 0 bridgehead atoms. The van der Waals surface area contributed by atoms with E-state index in [0.29, 0.717) is 20.8 Å². The van der Waals surface area contributed by atoms with Crippen LogP contribution in [0.4, 0.5) is 0 Å². The van der Waals surface area contributed by atoms with Crippen LogP contribution in [0.2, 0.25) is 0 Å². The summed E-state index contributed by atoms with van der Waals surface area (Å²) >= 11 is 4.54. The number of halogens is 1. The smallest absolute Gasteiger partial charge is 0.270 e. The molecule has 1 N–H and O–H groups in total. The Kier molecular flexibility index (Phi) is 4.23. The highest BCUT2D eigenvalue weighted by Crippen LogP contribution is 2.29. The highest BCUT2D eigenvalue weighted by atomic mass is 79.9. The number of benzene rings is 1. The van der Waals surface area contributed by atoms with E-state index >= 15 is 0 Å². The number of rotatable bonds is 2. The van der Waals surface area contributed by atoms with E-state index in [1.807, 2.05) is 6.07 Å². The highest BCUT2D eigenvalue weighted by molar-refractivity contribution is 9.10. The summed E-state index contributed by atoms with van der Waals surface area (Å²) in [5.41, 5.74) is 0.413. The van der Waals surface area contributed by atoms with E-state index in [9.17, 15) is 10.1 Å². The number of hydrogen-bond acceptors (Lipinski definition) is 5. The van der Waals surface area contributed by atoms with Gasteiger partial charge in [0.2, 0.25) is 0 Å². The number of aromatic amines is 1. The lowest BCUT2D eigenvalue weighted by Crippen LogP contribution is -2.15. The van der Waals surface area contributed by atoms with Gasteiger partial charge in [-0.25, -0.2) is 4.98 Å². The fourth-order valence-electron chi connectivity index (χ4n) is 1.68. The monoisotopic (exact) mass is 346 g/mol. The van der Waals surface area contributed by atoms with E-state index in [2.05, 4.69) is 32.0 Å². The average molecular weight is 347 g/mol. The number of hydrogen-bond donors (Lipinski definition) is 1. The fraction of sp³-hybridized carbons (Fsp3) is 0.0769. The molecule has 0 atom stereocenters. The molecule has 98 valence electrons. The third-order valence-corrected chi connectivity index (χ3v) is 3.82. The van der Waals surface area contributed by atoms with Crippen molar-refractivity contribution in [2.45, 2.75) is 5.16 Å². The van der Waals surface area contributed by atoms with Crippen molar-refractivity contribution >= 4 is 27.7 Å². The van der Waals surface area contributed by atoms with Gasteiger partial charge in [0.05, 0.1) is 11.3 Å². The largest absolute Gasteiger partial charge is 0.300 e. The Bertz CT molecular complexity index is 817. The minimum absolute atomic E-state index is 0.0996. The number of nitrogens with one attached hydrogen (secondary N) is 1. The first kappa shape index (κ1) is 14.3. The molecular formula is C13H7BrN4OS. The SMILES string of the molecule is CSc1nc(-c2cccc(Br)c2C#N)c(C#N)c(=O)[nH]1. The lowest BCUT2D eigenvalue weighted by atomic mass is 10.0. The summed E-state index contributed by atoms with van der Waals surface area (Å²) in [6, 6.07) is 9.01. The molecule has 5 nitrogen and oxygen atoms in total. The molecule has 0 spiro atoms. The molecular weight excluding hydrogens is 340 g/mol. The predicted molar refractivity (Wildman–Crippen MR) is 79.2 cm³/mol. The van der Waals surface area contributed by atoms with Crippen molar-refractivity contribution < 1.29 is 0 Å². The van der Waals surface area contributed by atoms with Crippen molar-refractivity contribution in [3.8, 4) is 23.4 Å². The number of aromatic nitrogens is 2. The molecule has 1 heterocycles. The van der Waals surface area contributed by atoms with Gasteiger partial charge in [0, 0.05) is 10.0 Å². The molecule has 0 unspecified atom stereocenters. The van der Waals surface area contributed by atoms with Gasteiger partial charge < -0.3 is 4.98 Å². The van der Waals surface area contributed by atoms with Gasteiger partial charge in [-0.3, -0.25) is 4.79 Å². The average Bonchev–Trinajstić information content (AvgIpc) is 2.46. The van der Waals surface area contributed by atoms with Gasteiger partial charge >= 0.3 is 0 Å². The van der Waals surface area contributed by atoms with Crippen molar-refractivity contribution in [2.24, 2.45) is 0 Å². The second-order valence-electron chi connectivity index (χ2n) is 3.68. The summed E-state index contributed by atoms with van der Waals surface area (Å²) in [5.74, 6) is 0. The van der Waals surface area contributed by atoms with Crippen LogP contribution >= 0.6 is 27.7 Å². The van der Waals surface area contributed by atoms with Gasteiger partial charge in [-0.05, 0) is 28.3 Å². The minimum Gasteiger partial charge on any atom is -0.300 e. The van der Waals surface area contributed by atoms with Crippen LogP contribution in [0, 0.1) is 22.7 Å². The minimum atomic E-state index is -0.509. The summed E-state index contributed by atoms with van der Waals surface area (Å²) in [7, 11) is 0. The molecule has 0 aliphatic heterocycles. The van der Waals surface area contributed by atoms with Gasteiger partial charge in [0.25, 0.3) is 5.56 Å². The van der Waals surface area contributed by atoms with Gasteiger partial charge in [-0.15, -0.1) is 0 Å². The van der Waals surface area contributed by atoms with E-state index in [4.69, 9.17) is 5.26 Å². The normalized spacial score (nSPS) is 9.80. The predicted octanol–water partition coefficient (Wildman–Crippen LogP) is 2.66. The topological polar surface area (TPSA) is 93.3 Å². The Morgan fingerprint density at radius 1 is 1.30 bits per heavy atom. The zero-order chi connectivity index (χ0) is 14.7. The lowest BCUT2D eigenvalue weighted by Gasteiger charge is -2.07. The first-order valence-corrected chi connectivity index (χ1v) is 7.41. The summed E-state index contributed by atoms with van der Waals surface area (Å²) in [5, 5.41) is 18.8. The fourth-order valence-corrected chi connectivity index (χ4v) is 2.52. The van der Waals surface area contributed by atoms with E-state index in [-0.39, 0.29) is 11.3 Å². The molecule has 0 radical (unpaired) electrons. The van der Waals surface area contributed by atoms with Crippen LogP contribution < -0.4 is 5.56 Å². The maximum Gasteiger partial charge on any atom is 0.270 e. The standard InChI is InChI=1S/C13H7BrN4OS/c1-20-13-17-11(9(6-16)12(19)18-13)7-3-2-4-10(14)8(7)5-15/h2-4H,1H3,(H,17,18,19). The van der Waals surface area contributed by atoms with Crippen molar-refractivity contribution in [2.75, 3.05) is 6.26 Å². The first-order chi connectivity index (χ1) is 9.62. The molecule has 0 aliphatic carbocycles. The van der Waals surface area contributed by atoms with E-state index in [1.165, 1.54) is 11.8 Å². The van der Waals surface area contributed by atoms with Crippen LogP contribution in [0.3, 0.4) is 0 Å². The van der Waals surface area contributed by atoms with Gasteiger partial charge in [-0.1, -0.05) is 23.9 Å². The Hall–Kier alpha value is -2.09. The third-order valence-electron chi connectivity index (χ3n) is 2.58. The van der Waals surface area contributed by atoms with Crippen molar-refractivity contribution in [1.29, 1.82) is 10.5 Å². The maximum absolute atomic E-state index is 11.9. The third kappa shape index (κ3) is 2.46. The number of thioether (sulfide) groups is 1. The number of nitrogens with zero attached hydrogens (tertiary/aromatic N) is 3. The lowest BCUT2D eigenvalue weighted by molar-refractivity contribution is 0.937. The molecule has 0 saturated carbocycles. The molecule has 0 aliphatic rings. The zero-order valence-electron chi connectivity index (χ0n) is 10.3. The van der Waals surface area contributed by atoms with E-state index in [0.717, 1.165) is 0 Å². The van der Waals surface area contributed by atoms with Gasteiger partial charge in [-0.2, -0.15) is 10.5 Å². The van der Waals surface area contributed by atoms with Crippen LogP contribution in [0.15, 0.2) is 32.6 Å². The molecule has 1 aromatic heterocycles. The van der Waals surface area contributed by atoms with Crippen LogP contribution in [-0.2, 0) is 0 Å². The number of nitriles is 2. The van der Waals surface area contributed by atoms with E-state index in [1.54, 1.807) is 24.5 Å². The maximum atomic E-state index is 11.9. The van der Waals surface area contributed by atoms with Gasteiger partial charge in [0.15, 0.2) is 5.16 Å². The summed E-state index contributed by atoms with van der Waals surface area (Å²) in [6.07, 6.45) is 1.76. The van der Waals surface area contributed by atoms with Crippen molar-refractivity contribution in [1.82, 2.24) is 9.97 Å². The molecule has 2 rings (SSSR count). The molecule has 1 aromatic carbocycles. The molecule has 0 saturated heterocycles. The highest BCUT2D eigenvalue weighted by Gasteiger charge is 2.17. The summed E-state index contributed by atoms with van der Waals surface area (Å²) in [6.45, 7) is 0. The van der Waals surface area contributed by atoms with Crippen LogP contribution in [0.5, 0.6) is 0 Å². The number of H-pyrrole nitrogens is 1. The van der Waals surface area contributed by atoms with Crippen LogP contribution in [0.1, 0.15) is 11.1 Å². The molecule has 7 heteroatoms. The Morgan fingerprint density at radius 3 is 2.60 bits per heavy atom. The molecule has 2 aromatic rings. The summed E-state index contributed by atoms with van der Waals surface area (Å²) < 4.78 is 0.592.